The molecule has 0 aliphatic heterocycles. The van der Waals surface area contributed by atoms with E-state index in [9.17, 15) is 9.90 Å². The van der Waals surface area contributed by atoms with Crippen LogP contribution in [-0.2, 0) is 4.79 Å². The van der Waals surface area contributed by atoms with Crippen LogP contribution in [0.4, 0.5) is 0 Å². The van der Waals surface area contributed by atoms with E-state index in [2.05, 4.69) is 24.6 Å². The van der Waals surface area contributed by atoms with Crippen LogP contribution in [0.2, 0.25) is 0 Å². The van der Waals surface area contributed by atoms with E-state index in [1.165, 1.54) is 128 Å². The summed E-state index contributed by atoms with van der Waals surface area (Å²) < 4.78 is 0. The summed E-state index contributed by atoms with van der Waals surface area (Å²) in [6, 6.07) is -0.250. The summed E-state index contributed by atoms with van der Waals surface area (Å²) in [5.41, 5.74) is 0. The Morgan fingerprint density at radius 1 is 0.657 bits per heavy atom. The van der Waals surface area contributed by atoms with Crippen molar-refractivity contribution in [3.05, 3.63) is 11.5 Å². The van der Waals surface area contributed by atoms with Gasteiger partial charge in [-0.15, -0.1) is 11.8 Å². The minimum Gasteiger partial charge on any atom is -0.394 e. The van der Waals surface area contributed by atoms with Crippen molar-refractivity contribution in [3.8, 4) is 0 Å². The molecule has 0 saturated heterocycles. The van der Waals surface area contributed by atoms with Gasteiger partial charge in [0.15, 0.2) is 0 Å². The number of rotatable bonds is 28. The molecule has 2 N–H and O–H groups in total. The van der Waals surface area contributed by atoms with Crippen molar-refractivity contribution in [3.63, 3.8) is 0 Å². The van der Waals surface area contributed by atoms with Gasteiger partial charge in [-0.05, 0) is 24.0 Å². The predicted molar refractivity (Wildman–Crippen MR) is 158 cm³/mol. The van der Waals surface area contributed by atoms with Crippen molar-refractivity contribution in [2.45, 2.75) is 168 Å². The Balaban J connectivity index is 3.50. The van der Waals surface area contributed by atoms with Crippen LogP contribution in [0.25, 0.3) is 0 Å². The normalized spacial score (nSPS) is 12.4. The van der Waals surface area contributed by atoms with E-state index in [0.717, 1.165) is 18.6 Å². The fraction of sp³-hybridized carbons (Fsp3) is 0.903. The largest absolute Gasteiger partial charge is 0.394 e. The molecule has 0 aromatic rings. The van der Waals surface area contributed by atoms with E-state index in [1.54, 1.807) is 11.8 Å². The Bertz CT molecular complexity index is 455. The topological polar surface area (TPSA) is 49.3 Å². The van der Waals surface area contributed by atoms with E-state index < -0.39 is 0 Å². The SMILES string of the molecule is CCCCCCCCCCCCCS/C=C/[C@H](CO)NC(=O)CCCCCCCCCCCCC. The van der Waals surface area contributed by atoms with Crippen molar-refractivity contribution in [2.24, 2.45) is 0 Å². The number of thioether (sulfide) groups is 1. The Morgan fingerprint density at radius 2 is 1.06 bits per heavy atom. The first-order valence-electron chi connectivity index (χ1n) is 15.4. The highest BCUT2D eigenvalue weighted by molar-refractivity contribution is 8.02. The number of hydrogen-bond acceptors (Lipinski definition) is 3. The van der Waals surface area contributed by atoms with Crippen LogP contribution in [0.3, 0.4) is 0 Å². The Labute approximate surface area is 224 Å². The highest BCUT2D eigenvalue weighted by Gasteiger charge is 2.07. The maximum absolute atomic E-state index is 12.2. The van der Waals surface area contributed by atoms with Crippen molar-refractivity contribution in [2.75, 3.05) is 12.4 Å². The fourth-order valence-electron chi connectivity index (χ4n) is 4.45. The lowest BCUT2D eigenvalue weighted by Gasteiger charge is -2.12. The van der Waals surface area contributed by atoms with E-state index >= 15 is 0 Å². The highest BCUT2D eigenvalue weighted by atomic mass is 32.2. The van der Waals surface area contributed by atoms with E-state index in [4.69, 9.17) is 0 Å². The summed E-state index contributed by atoms with van der Waals surface area (Å²) >= 11 is 1.80. The van der Waals surface area contributed by atoms with E-state index in [-0.39, 0.29) is 18.6 Å². The molecule has 0 aromatic carbocycles. The number of amides is 1. The zero-order valence-electron chi connectivity index (χ0n) is 23.7. The standard InChI is InChI=1S/C31H61NO2S/c1-3-5-7-9-11-13-15-17-19-21-23-25-31(34)32-30(29-33)26-28-35-27-24-22-20-18-16-14-12-10-8-6-4-2/h26,28,30,33H,3-25,27,29H2,1-2H3,(H,32,34)/b28-26+/t30-/m1/s1. The van der Waals surface area contributed by atoms with Gasteiger partial charge in [0.05, 0.1) is 12.6 Å². The number of carbonyl (C=O) groups is 1. The van der Waals surface area contributed by atoms with Gasteiger partial charge in [-0.25, -0.2) is 0 Å². The quantitative estimate of drug-likeness (QED) is 0.103. The average Bonchev–Trinajstić information content (AvgIpc) is 2.86. The lowest BCUT2D eigenvalue weighted by molar-refractivity contribution is -0.121. The van der Waals surface area contributed by atoms with Crippen LogP contribution in [0.1, 0.15) is 162 Å². The van der Waals surface area contributed by atoms with E-state index in [1.807, 2.05) is 6.08 Å². The Kier molecular flexibility index (Phi) is 29.3. The molecule has 0 rings (SSSR count). The molecule has 0 unspecified atom stereocenters. The zero-order chi connectivity index (χ0) is 25.7. The lowest BCUT2D eigenvalue weighted by Crippen LogP contribution is -2.35. The maximum atomic E-state index is 12.2. The molecule has 0 spiro atoms. The summed E-state index contributed by atoms with van der Waals surface area (Å²) in [5, 5.41) is 14.6. The second kappa shape index (κ2) is 29.7. The smallest absolute Gasteiger partial charge is 0.220 e. The lowest BCUT2D eigenvalue weighted by atomic mass is 10.1. The molecule has 0 saturated carbocycles. The molecule has 0 bridgehead atoms. The number of aliphatic hydroxyl groups excluding tert-OH is 1. The third-order valence-electron chi connectivity index (χ3n) is 6.82. The van der Waals surface area contributed by atoms with Crippen LogP contribution >= 0.6 is 11.8 Å². The molecular formula is C31H61NO2S. The molecule has 1 amide bonds. The molecule has 3 nitrogen and oxygen atoms in total. The second-order valence-electron chi connectivity index (χ2n) is 10.4. The van der Waals surface area contributed by atoms with Crippen LogP contribution in [0.15, 0.2) is 11.5 Å². The summed E-state index contributed by atoms with van der Waals surface area (Å²) in [4.78, 5) is 12.2. The maximum Gasteiger partial charge on any atom is 0.220 e. The molecule has 208 valence electrons. The Hall–Kier alpha value is -0.480. The van der Waals surface area contributed by atoms with Crippen LogP contribution < -0.4 is 5.32 Å². The van der Waals surface area contributed by atoms with Gasteiger partial charge in [0.1, 0.15) is 0 Å². The first-order valence-corrected chi connectivity index (χ1v) is 16.5. The zero-order valence-corrected chi connectivity index (χ0v) is 24.5. The number of hydrogen-bond donors (Lipinski definition) is 2. The number of unbranched alkanes of at least 4 members (excludes halogenated alkanes) is 20. The summed E-state index contributed by atoms with van der Waals surface area (Å²) in [7, 11) is 0. The molecule has 35 heavy (non-hydrogen) atoms. The summed E-state index contributed by atoms with van der Waals surface area (Å²) in [6.45, 7) is 4.51. The first kappa shape index (κ1) is 34.5. The van der Waals surface area contributed by atoms with Gasteiger partial charge < -0.3 is 10.4 Å². The van der Waals surface area contributed by atoms with Gasteiger partial charge in [0.25, 0.3) is 0 Å². The van der Waals surface area contributed by atoms with Gasteiger partial charge in [0, 0.05) is 6.42 Å². The van der Waals surface area contributed by atoms with Gasteiger partial charge in [0.2, 0.25) is 5.91 Å². The van der Waals surface area contributed by atoms with Gasteiger partial charge >= 0.3 is 0 Å². The van der Waals surface area contributed by atoms with Crippen LogP contribution in [0.5, 0.6) is 0 Å². The molecule has 0 heterocycles. The summed E-state index contributed by atoms with van der Waals surface area (Å²) in [6.07, 6.45) is 31.8. The second-order valence-corrected chi connectivity index (χ2v) is 11.4. The van der Waals surface area contributed by atoms with Crippen molar-refractivity contribution in [1.82, 2.24) is 5.32 Å². The van der Waals surface area contributed by atoms with Crippen LogP contribution in [0, 0.1) is 0 Å². The summed E-state index contributed by atoms with van der Waals surface area (Å²) in [5.74, 6) is 1.19. The molecule has 0 aliphatic carbocycles. The number of aliphatic hydroxyl groups is 1. The minimum absolute atomic E-state index is 0.0283. The van der Waals surface area contributed by atoms with Crippen molar-refractivity contribution in [1.29, 1.82) is 0 Å². The number of carbonyl (C=O) groups excluding carboxylic acids is 1. The molecule has 0 aromatic heterocycles. The predicted octanol–water partition coefficient (Wildman–Crippen LogP) is 9.72. The first-order chi connectivity index (χ1) is 17.2. The van der Waals surface area contributed by atoms with E-state index in [0.29, 0.717) is 6.42 Å². The van der Waals surface area contributed by atoms with Crippen molar-refractivity contribution >= 4 is 17.7 Å². The minimum atomic E-state index is -0.250. The molecule has 0 radical (unpaired) electrons. The average molecular weight is 512 g/mol. The molecule has 4 heteroatoms. The van der Waals surface area contributed by atoms with Gasteiger partial charge in [-0.2, -0.15) is 0 Å². The monoisotopic (exact) mass is 511 g/mol. The highest BCUT2D eigenvalue weighted by Crippen LogP contribution is 2.14. The Morgan fingerprint density at radius 3 is 1.49 bits per heavy atom. The molecule has 0 aliphatic rings. The molecule has 0 fully saturated rings. The number of nitrogens with one attached hydrogen (secondary N) is 1. The van der Waals surface area contributed by atoms with Gasteiger partial charge in [-0.3, -0.25) is 4.79 Å². The third-order valence-corrected chi connectivity index (χ3v) is 7.70. The molecular weight excluding hydrogens is 450 g/mol. The molecule has 1 atom stereocenters. The van der Waals surface area contributed by atoms with Crippen LogP contribution in [-0.4, -0.2) is 29.4 Å². The fourth-order valence-corrected chi connectivity index (χ4v) is 5.26. The van der Waals surface area contributed by atoms with Crippen molar-refractivity contribution < 1.29 is 9.90 Å². The third kappa shape index (κ3) is 27.9. The van der Waals surface area contributed by atoms with Gasteiger partial charge in [-0.1, -0.05) is 148 Å².